The summed E-state index contributed by atoms with van der Waals surface area (Å²) in [5.41, 5.74) is 2.10. The molecule has 30 heavy (non-hydrogen) atoms. The van der Waals surface area contributed by atoms with Gasteiger partial charge in [0, 0.05) is 22.4 Å². The van der Waals surface area contributed by atoms with E-state index in [2.05, 4.69) is 16.0 Å². The summed E-state index contributed by atoms with van der Waals surface area (Å²) < 4.78 is 0. The van der Waals surface area contributed by atoms with Crippen LogP contribution in [-0.4, -0.2) is 23.8 Å². The molecule has 0 aliphatic carbocycles. The van der Waals surface area contributed by atoms with Gasteiger partial charge in [0.1, 0.15) is 6.04 Å². The van der Waals surface area contributed by atoms with E-state index in [0.29, 0.717) is 16.9 Å². The first-order chi connectivity index (χ1) is 14.0. The summed E-state index contributed by atoms with van der Waals surface area (Å²) >= 11 is 0. The number of anilines is 2. The summed E-state index contributed by atoms with van der Waals surface area (Å²) in [5, 5.41) is 8.51. The van der Waals surface area contributed by atoms with E-state index in [-0.39, 0.29) is 23.6 Å². The molecule has 0 bridgehead atoms. The molecular weight excluding hydrogens is 378 g/mol. The minimum atomic E-state index is -0.703. The van der Waals surface area contributed by atoms with E-state index in [1.54, 1.807) is 36.4 Å². The highest BCUT2D eigenvalue weighted by Gasteiger charge is 2.25. The van der Waals surface area contributed by atoms with Crippen LogP contribution in [0.25, 0.3) is 0 Å². The molecule has 0 aromatic heterocycles. The van der Waals surface area contributed by atoms with Crippen LogP contribution in [0.1, 0.15) is 50.5 Å². The number of carbonyl (C=O) groups excluding carboxylic acids is 3. The van der Waals surface area contributed by atoms with Crippen LogP contribution in [0, 0.1) is 18.3 Å². The molecule has 2 aromatic carbocycles. The average Bonchev–Trinajstić information content (AvgIpc) is 2.65. The van der Waals surface area contributed by atoms with E-state index in [4.69, 9.17) is 0 Å². The number of carbonyl (C=O) groups is 3. The maximum absolute atomic E-state index is 12.9. The van der Waals surface area contributed by atoms with Gasteiger partial charge in [-0.2, -0.15) is 0 Å². The summed E-state index contributed by atoms with van der Waals surface area (Å²) in [7, 11) is 0. The largest absolute Gasteiger partial charge is 0.340 e. The van der Waals surface area contributed by atoms with Gasteiger partial charge >= 0.3 is 0 Å². The lowest BCUT2D eigenvalue weighted by Crippen LogP contribution is -2.47. The monoisotopic (exact) mass is 409 g/mol. The molecule has 6 heteroatoms. The van der Waals surface area contributed by atoms with Crippen LogP contribution in [0.4, 0.5) is 11.4 Å². The first-order valence-electron chi connectivity index (χ1n) is 10.1. The Morgan fingerprint density at radius 1 is 0.867 bits per heavy atom. The zero-order valence-electron chi connectivity index (χ0n) is 18.5. The predicted molar refractivity (Wildman–Crippen MR) is 120 cm³/mol. The van der Waals surface area contributed by atoms with Crippen molar-refractivity contribution in [3.63, 3.8) is 0 Å². The van der Waals surface area contributed by atoms with Crippen LogP contribution in [0.2, 0.25) is 0 Å². The fourth-order valence-electron chi connectivity index (χ4n) is 2.76. The highest BCUT2D eigenvalue weighted by Crippen LogP contribution is 2.20. The molecule has 3 N–H and O–H groups in total. The third-order valence-corrected chi connectivity index (χ3v) is 4.59. The third-order valence-electron chi connectivity index (χ3n) is 4.59. The average molecular weight is 410 g/mol. The van der Waals surface area contributed by atoms with E-state index in [1.165, 1.54) is 0 Å². The number of aryl methyl sites for hydroxylation is 1. The van der Waals surface area contributed by atoms with Gasteiger partial charge in [0.05, 0.1) is 0 Å². The van der Waals surface area contributed by atoms with Gasteiger partial charge in [0.15, 0.2) is 0 Å². The smallest absolute Gasteiger partial charge is 0.251 e. The summed E-state index contributed by atoms with van der Waals surface area (Å²) in [5.74, 6) is -0.831. The number of rotatable bonds is 6. The topological polar surface area (TPSA) is 87.3 Å². The Kier molecular flexibility index (Phi) is 7.38. The number of benzene rings is 2. The van der Waals surface area contributed by atoms with Crippen molar-refractivity contribution in [2.24, 2.45) is 11.3 Å². The molecule has 1 unspecified atom stereocenters. The van der Waals surface area contributed by atoms with Crippen molar-refractivity contribution in [1.29, 1.82) is 0 Å². The minimum Gasteiger partial charge on any atom is -0.340 e. The molecule has 0 spiro atoms. The standard InChI is InChI=1S/C24H31N3O3/c1-15(2)20(27-21(28)17-10-7-9-16(3)13-17)22(29)25-18-11-8-12-19(14-18)26-23(30)24(4,5)6/h7-15,20H,1-6H3,(H,25,29)(H,26,30)(H,27,28). The van der Waals surface area contributed by atoms with Crippen LogP contribution in [0.5, 0.6) is 0 Å². The van der Waals surface area contributed by atoms with Crippen molar-refractivity contribution in [3.8, 4) is 0 Å². The van der Waals surface area contributed by atoms with Crippen LogP contribution in [0.15, 0.2) is 48.5 Å². The maximum atomic E-state index is 12.9. The Morgan fingerprint density at radius 2 is 1.47 bits per heavy atom. The molecule has 2 rings (SSSR count). The van der Waals surface area contributed by atoms with E-state index in [1.807, 2.05) is 53.7 Å². The predicted octanol–water partition coefficient (Wildman–Crippen LogP) is 4.37. The van der Waals surface area contributed by atoms with Crippen LogP contribution < -0.4 is 16.0 Å². The zero-order valence-corrected chi connectivity index (χ0v) is 18.5. The second-order valence-electron chi connectivity index (χ2n) is 8.84. The Bertz CT molecular complexity index is 929. The van der Waals surface area contributed by atoms with Crippen LogP contribution in [-0.2, 0) is 9.59 Å². The Balaban J connectivity index is 2.11. The Hall–Kier alpha value is -3.15. The van der Waals surface area contributed by atoms with Crippen LogP contribution >= 0.6 is 0 Å². The van der Waals surface area contributed by atoms with E-state index >= 15 is 0 Å². The van der Waals surface area contributed by atoms with Gasteiger partial charge in [-0.1, -0.05) is 58.4 Å². The lowest BCUT2D eigenvalue weighted by Gasteiger charge is -2.22. The second-order valence-corrected chi connectivity index (χ2v) is 8.84. The second kappa shape index (κ2) is 9.57. The Labute approximate surface area is 178 Å². The zero-order chi connectivity index (χ0) is 22.5. The van der Waals surface area contributed by atoms with Gasteiger partial charge in [0.2, 0.25) is 11.8 Å². The first kappa shape index (κ1) is 23.1. The van der Waals surface area contributed by atoms with Gasteiger partial charge in [0.25, 0.3) is 5.91 Å². The molecule has 3 amide bonds. The van der Waals surface area contributed by atoms with Gasteiger partial charge in [-0.05, 0) is 43.2 Å². The molecule has 0 saturated heterocycles. The fraction of sp³-hybridized carbons (Fsp3) is 0.375. The van der Waals surface area contributed by atoms with E-state index in [0.717, 1.165) is 5.56 Å². The highest BCUT2D eigenvalue weighted by atomic mass is 16.2. The van der Waals surface area contributed by atoms with Crippen molar-refractivity contribution in [2.45, 2.75) is 47.6 Å². The van der Waals surface area contributed by atoms with Gasteiger partial charge in [-0.15, -0.1) is 0 Å². The number of hydrogen-bond donors (Lipinski definition) is 3. The molecule has 0 radical (unpaired) electrons. The summed E-state index contributed by atoms with van der Waals surface area (Å²) in [4.78, 5) is 37.7. The molecule has 0 saturated carbocycles. The van der Waals surface area contributed by atoms with Crippen LogP contribution in [0.3, 0.4) is 0 Å². The lowest BCUT2D eigenvalue weighted by atomic mass is 9.95. The molecule has 2 aromatic rings. The fourth-order valence-corrected chi connectivity index (χ4v) is 2.76. The maximum Gasteiger partial charge on any atom is 0.251 e. The molecule has 1 atom stereocenters. The summed E-state index contributed by atoms with van der Waals surface area (Å²) in [6.07, 6.45) is 0. The van der Waals surface area contributed by atoms with Gasteiger partial charge in [-0.25, -0.2) is 0 Å². The Morgan fingerprint density at radius 3 is 2.03 bits per heavy atom. The minimum absolute atomic E-state index is 0.109. The quantitative estimate of drug-likeness (QED) is 0.662. The first-order valence-corrected chi connectivity index (χ1v) is 10.1. The molecule has 160 valence electrons. The molecular formula is C24H31N3O3. The number of hydrogen-bond acceptors (Lipinski definition) is 3. The van der Waals surface area contributed by atoms with Crippen molar-refractivity contribution < 1.29 is 14.4 Å². The number of nitrogens with one attached hydrogen (secondary N) is 3. The molecule has 0 aliphatic rings. The van der Waals surface area contributed by atoms with Gasteiger partial charge < -0.3 is 16.0 Å². The number of amides is 3. The summed E-state index contributed by atoms with van der Waals surface area (Å²) in [6.45, 7) is 11.2. The molecule has 0 heterocycles. The molecule has 6 nitrogen and oxygen atoms in total. The van der Waals surface area contributed by atoms with Crippen molar-refractivity contribution in [1.82, 2.24) is 5.32 Å². The summed E-state index contributed by atoms with van der Waals surface area (Å²) in [6, 6.07) is 13.5. The van der Waals surface area contributed by atoms with Gasteiger partial charge in [-0.3, -0.25) is 14.4 Å². The molecule has 0 aliphatic heterocycles. The van der Waals surface area contributed by atoms with Crippen molar-refractivity contribution in [3.05, 3.63) is 59.7 Å². The lowest BCUT2D eigenvalue weighted by molar-refractivity contribution is -0.123. The molecule has 0 fully saturated rings. The normalized spacial score (nSPS) is 12.2. The third kappa shape index (κ3) is 6.44. The SMILES string of the molecule is Cc1cccc(C(=O)NC(C(=O)Nc2cccc(NC(=O)C(C)(C)C)c2)C(C)C)c1. The van der Waals surface area contributed by atoms with E-state index < -0.39 is 11.5 Å². The van der Waals surface area contributed by atoms with E-state index in [9.17, 15) is 14.4 Å². The van der Waals surface area contributed by atoms with Crippen molar-refractivity contribution >= 4 is 29.1 Å². The van der Waals surface area contributed by atoms with Crippen molar-refractivity contribution in [2.75, 3.05) is 10.6 Å². The highest BCUT2D eigenvalue weighted by molar-refractivity contribution is 6.02.